The molecule has 0 radical (unpaired) electrons. The molecule has 0 aliphatic rings. The largest absolute Gasteiger partial charge is 0.485 e. The van der Waals surface area contributed by atoms with Gasteiger partial charge in [0, 0.05) is 34.1 Å². The molecule has 0 spiro atoms. The molecule has 3 aromatic rings. The fourth-order valence-electron chi connectivity index (χ4n) is 3.07. The van der Waals surface area contributed by atoms with E-state index in [4.69, 9.17) is 22.1 Å². The van der Waals surface area contributed by atoms with Crippen LogP contribution in [0.1, 0.15) is 37.7 Å². The first-order valence-electron chi connectivity index (χ1n) is 8.83. The van der Waals surface area contributed by atoms with Crippen LogP contribution in [0.2, 0.25) is 5.02 Å². The van der Waals surface area contributed by atoms with E-state index < -0.39 is 5.91 Å². The van der Waals surface area contributed by atoms with Crippen LogP contribution in [-0.4, -0.2) is 22.9 Å². The van der Waals surface area contributed by atoms with Crippen molar-refractivity contribution >= 4 is 23.3 Å². The van der Waals surface area contributed by atoms with Crippen LogP contribution in [-0.2, 0) is 6.54 Å². The number of ketones is 1. The van der Waals surface area contributed by atoms with Crippen LogP contribution in [0.5, 0.6) is 5.75 Å². The molecule has 1 aromatic heterocycles. The van der Waals surface area contributed by atoms with Gasteiger partial charge in [-0.15, -0.1) is 0 Å². The van der Waals surface area contributed by atoms with Gasteiger partial charge in [0.15, 0.2) is 6.61 Å². The lowest BCUT2D eigenvalue weighted by Crippen LogP contribution is -2.14. The maximum Gasteiger partial charge on any atom is 0.248 e. The second kappa shape index (κ2) is 8.31. The molecule has 0 saturated heterocycles. The summed E-state index contributed by atoms with van der Waals surface area (Å²) in [5, 5.41) is 0.700. The molecule has 0 aliphatic heterocycles. The molecule has 0 fully saturated rings. The minimum Gasteiger partial charge on any atom is -0.485 e. The Bertz CT molecular complexity index is 1020. The molecule has 1 heterocycles. The molecular formula is C22H21ClN2O3. The Balaban J connectivity index is 1.72. The van der Waals surface area contributed by atoms with Crippen molar-refractivity contribution in [3.8, 4) is 5.75 Å². The van der Waals surface area contributed by atoms with E-state index >= 15 is 0 Å². The lowest BCUT2D eigenvalue weighted by molar-refractivity contribution is 0.0919. The number of Topliss-reactive ketones (excluding diaryl/α,β-unsaturated/α-hetero) is 1. The molecule has 1 amide bonds. The zero-order valence-corrected chi connectivity index (χ0v) is 16.5. The summed E-state index contributed by atoms with van der Waals surface area (Å²) in [6, 6.07) is 15.9. The van der Waals surface area contributed by atoms with Gasteiger partial charge >= 0.3 is 0 Å². The summed E-state index contributed by atoms with van der Waals surface area (Å²) in [5.74, 6) is -0.116. The van der Waals surface area contributed by atoms with Crippen molar-refractivity contribution in [3.63, 3.8) is 0 Å². The van der Waals surface area contributed by atoms with Gasteiger partial charge in [-0.1, -0.05) is 29.8 Å². The Morgan fingerprint density at radius 3 is 2.39 bits per heavy atom. The van der Waals surface area contributed by atoms with E-state index in [1.54, 1.807) is 24.3 Å². The highest BCUT2D eigenvalue weighted by atomic mass is 35.5. The Hall–Kier alpha value is -3.05. The first-order valence-corrected chi connectivity index (χ1v) is 9.20. The third-order valence-corrected chi connectivity index (χ3v) is 5.04. The van der Waals surface area contributed by atoms with Crippen molar-refractivity contribution in [3.05, 3.63) is 87.7 Å². The number of benzene rings is 2. The summed E-state index contributed by atoms with van der Waals surface area (Å²) in [6.07, 6.45) is 0. The summed E-state index contributed by atoms with van der Waals surface area (Å²) in [6.45, 7) is 4.38. The standard InChI is InChI=1S/C22H21ClN2O3/c1-14-11-19(15(2)25(14)12-17-5-3-4-6-20(17)23)21(26)13-28-18-9-7-16(8-10-18)22(24)27/h3-11H,12-13H2,1-2H3,(H2,24,27). The Labute approximate surface area is 168 Å². The van der Waals surface area contributed by atoms with Crippen LogP contribution in [0.3, 0.4) is 0 Å². The molecule has 28 heavy (non-hydrogen) atoms. The molecule has 144 valence electrons. The smallest absolute Gasteiger partial charge is 0.248 e. The number of nitrogens with two attached hydrogens (primary N) is 1. The van der Waals surface area contributed by atoms with Gasteiger partial charge in [-0.3, -0.25) is 9.59 Å². The van der Waals surface area contributed by atoms with Crippen molar-refractivity contribution in [2.24, 2.45) is 5.73 Å². The minimum absolute atomic E-state index is 0.0910. The van der Waals surface area contributed by atoms with Crippen LogP contribution < -0.4 is 10.5 Å². The maximum atomic E-state index is 12.7. The summed E-state index contributed by atoms with van der Waals surface area (Å²) in [4.78, 5) is 23.8. The van der Waals surface area contributed by atoms with E-state index in [1.165, 1.54) is 0 Å². The number of carbonyl (C=O) groups is 2. The zero-order chi connectivity index (χ0) is 20.3. The van der Waals surface area contributed by atoms with E-state index in [9.17, 15) is 9.59 Å². The van der Waals surface area contributed by atoms with Gasteiger partial charge in [0.25, 0.3) is 0 Å². The highest BCUT2D eigenvalue weighted by Gasteiger charge is 2.17. The molecule has 0 aliphatic carbocycles. The summed E-state index contributed by atoms with van der Waals surface area (Å²) in [5.41, 5.74) is 9.07. The maximum absolute atomic E-state index is 12.7. The van der Waals surface area contributed by atoms with Gasteiger partial charge < -0.3 is 15.0 Å². The number of rotatable bonds is 7. The molecule has 3 rings (SSSR count). The monoisotopic (exact) mass is 396 g/mol. The number of halogens is 1. The molecule has 0 bridgehead atoms. The van der Waals surface area contributed by atoms with Crippen LogP contribution in [0.4, 0.5) is 0 Å². The molecule has 0 saturated carbocycles. The molecule has 5 nitrogen and oxygen atoms in total. The highest BCUT2D eigenvalue weighted by molar-refractivity contribution is 6.31. The van der Waals surface area contributed by atoms with Crippen LogP contribution >= 0.6 is 11.6 Å². The number of amides is 1. The van der Waals surface area contributed by atoms with Gasteiger partial charge in [0.05, 0.1) is 0 Å². The third-order valence-electron chi connectivity index (χ3n) is 4.67. The number of hydrogen-bond acceptors (Lipinski definition) is 3. The molecule has 0 atom stereocenters. The number of aromatic nitrogens is 1. The van der Waals surface area contributed by atoms with E-state index in [1.807, 2.05) is 44.2 Å². The zero-order valence-electron chi connectivity index (χ0n) is 15.7. The van der Waals surface area contributed by atoms with Crippen molar-refractivity contribution < 1.29 is 14.3 Å². The number of primary amides is 1. The molecule has 6 heteroatoms. The number of aryl methyl sites for hydroxylation is 1. The van der Waals surface area contributed by atoms with Crippen molar-refractivity contribution in [1.82, 2.24) is 4.57 Å². The Morgan fingerprint density at radius 1 is 1.07 bits per heavy atom. The Morgan fingerprint density at radius 2 is 1.75 bits per heavy atom. The van der Waals surface area contributed by atoms with E-state index in [0.717, 1.165) is 17.0 Å². The van der Waals surface area contributed by atoms with E-state index in [2.05, 4.69) is 4.57 Å². The first-order chi connectivity index (χ1) is 13.4. The molecule has 0 unspecified atom stereocenters. The van der Waals surface area contributed by atoms with Crippen LogP contribution in [0, 0.1) is 13.8 Å². The second-order valence-electron chi connectivity index (χ2n) is 6.56. The highest BCUT2D eigenvalue weighted by Crippen LogP contribution is 2.22. The van der Waals surface area contributed by atoms with Crippen LogP contribution in [0.15, 0.2) is 54.6 Å². The first kappa shape index (κ1) is 19.7. The number of nitrogens with zero attached hydrogens (tertiary/aromatic N) is 1. The SMILES string of the molecule is Cc1cc(C(=O)COc2ccc(C(N)=O)cc2)c(C)n1Cc1ccccc1Cl. The van der Waals surface area contributed by atoms with E-state index in [0.29, 0.717) is 28.4 Å². The summed E-state index contributed by atoms with van der Waals surface area (Å²) < 4.78 is 7.63. The number of ether oxygens (including phenoxy) is 1. The topological polar surface area (TPSA) is 74.3 Å². The minimum atomic E-state index is -0.506. The molecule has 2 N–H and O–H groups in total. The Kier molecular flexibility index (Phi) is 5.85. The van der Waals surface area contributed by atoms with Crippen molar-refractivity contribution in [1.29, 1.82) is 0 Å². The normalized spacial score (nSPS) is 10.7. The number of hydrogen-bond donors (Lipinski definition) is 1. The lowest BCUT2D eigenvalue weighted by Gasteiger charge is -2.11. The van der Waals surface area contributed by atoms with Gasteiger partial charge in [0.2, 0.25) is 11.7 Å². The summed E-state index contributed by atoms with van der Waals surface area (Å²) in [7, 11) is 0. The fraction of sp³-hybridized carbons (Fsp3) is 0.182. The average Bonchev–Trinajstić information content (AvgIpc) is 2.96. The van der Waals surface area contributed by atoms with Gasteiger partial charge in [0.1, 0.15) is 5.75 Å². The quantitative estimate of drug-likeness (QED) is 0.609. The fourth-order valence-corrected chi connectivity index (χ4v) is 3.26. The van der Waals surface area contributed by atoms with Crippen molar-refractivity contribution in [2.75, 3.05) is 6.61 Å². The van der Waals surface area contributed by atoms with Gasteiger partial charge in [-0.25, -0.2) is 0 Å². The predicted octanol–water partition coefficient (Wildman–Crippen LogP) is 4.17. The van der Waals surface area contributed by atoms with Crippen molar-refractivity contribution in [2.45, 2.75) is 20.4 Å². The average molecular weight is 397 g/mol. The molecular weight excluding hydrogens is 376 g/mol. The lowest BCUT2D eigenvalue weighted by atomic mass is 10.1. The van der Waals surface area contributed by atoms with Crippen LogP contribution in [0.25, 0.3) is 0 Å². The second-order valence-corrected chi connectivity index (χ2v) is 6.97. The number of carbonyl (C=O) groups excluding carboxylic acids is 2. The third kappa shape index (κ3) is 4.26. The van der Waals surface area contributed by atoms with E-state index in [-0.39, 0.29) is 12.4 Å². The molecule has 2 aromatic carbocycles. The van der Waals surface area contributed by atoms with Gasteiger partial charge in [-0.2, -0.15) is 0 Å². The van der Waals surface area contributed by atoms with Gasteiger partial charge in [-0.05, 0) is 55.8 Å². The summed E-state index contributed by atoms with van der Waals surface area (Å²) >= 11 is 6.27. The predicted molar refractivity (Wildman–Crippen MR) is 109 cm³/mol.